The van der Waals surface area contributed by atoms with Gasteiger partial charge in [0.25, 0.3) is 5.91 Å². The van der Waals surface area contributed by atoms with Crippen LogP contribution in [0.5, 0.6) is 0 Å². The first-order valence-electron chi connectivity index (χ1n) is 16.9. The van der Waals surface area contributed by atoms with Gasteiger partial charge in [-0.05, 0) is 76.1 Å². The minimum atomic E-state index is -1.39. The third-order valence-electron chi connectivity index (χ3n) is 10.1. The maximum atomic E-state index is 15.0. The van der Waals surface area contributed by atoms with Crippen molar-refractivity contribution in [3.05, 3.63) is 63.8 Å². The number of likely N-dealkylation sites (tertiary alicyclic amines) is 1. The van der Waals surface area contributed by atoms with E-state index in [1.807, 2.05) is 35.9 Å². The Morgan fingerprint density at radius 2 is 1.67 bits per heavy atom. The molecule has 1 aromatic heterocycles. The van der Waals surface area contributed by atoms with E-state index in [1.54, 1.807) is 18.3 Å². The molecule has 6 rings (SSSR count). The van der Waals surface area contributed by atoms with E-state index in [-0.39, 0.29) is 41.3 Å². The first-order valence-corrected chi connectivity index (χ1v) is 17.6. The second kappa shape index (κ2) is 14.5. The van der Waals surface area contributed by atoms with Gasteiger partial charge in [-0.2, -0.15) is 0 Å². The van der Waals surface area contributed by atoms with Crippen LogP contribution >= 0.6 is 23.2 Å². The van der Waals surface area contributed by atoms with E-state index in [0.717, 1.165) is 23.7 Å². The maximum absolute atomic E-state index is 15.0. The fraction of sp³-hybridized carbons (Fsp3) is 0.528. The Morgan fingerprint density at radius 3 is 2.33 bits per heavy atom. The Morgan fingerprint density at radius 1 is 1.00 bits per heavy atom. The molecule has 2 aliphatic heterocycles. The minimum Gasteiger partial charge on any atom is -0.481 e. The van der Waals surface area contributed by atoms with Gasteiger partial charge in [-0.1, -0.05) is 41.4 Å². The molecule has 3 atom stereocenters. The number of benzene rings is 2. The number of Topliss-reactive ketones (excluding diaryl/α,β-unsaturated/α-hetero) is 1. The minimum absolute atomic E-state index is 0.0477. The number of amides is 1. The number of para-hydroxylation sites is 1. The summed E-state index contributed by atoms with van der Waals surface area (Å²) in [5.74, 6) is -3.05. The largest absolute Gasteiger partial charge is 0.481 e. The average molecular weight is 700 g/mol. The highest BCUT2D eigenvalue weighted by Crippen LogP contribution is 2.40. The van der Waals surface area contributed by atoms with Gasteiger partial charge in [0, 0.05) is 60.8 Å². The molecule has 3 fully saturated rings. The van der Waals surface area contributed by atoms with Crippen molar-refractivity contribution >= 4 is 57.5 Å². The van der Waals surface area contributed by atoms with Crippen LogP contribution in [0, 0.1) is 5.92 Å². The summed E-state index contributed by atoms with van der Waals surface area (Å²) in [4.78, 5) is 44.4. The third-order valence-corrected chi connectivity index (χ3v) is 10.8. The number of anilines is 1. The molecule has 48 heavy (non-hydrogen) atoms. The zero-order valence-corrected chi connectivity index (χ0v) is 29.2. The molecular formula is C36H44Cl2N4O6. The summed E-state index contributed by atoms with van der Waals surface area (Å²) in [5, 5.41) is 13.9. The van der Waals surface area contributed by atoms with Crippen LogP contribution in [0.3, 0.4) is 0 Å². The predicted molar refractivity (Wildman–Crippen MR) is 186 cm³/mol. The van der Waals surface area contributed by atoms with Gasteiger partial charge in [-0.15, -0.1) is 0 Å². The number of fused-ring (bicyclic) bond motifs is 1. The summed E-state index contributed by atoms with van der Waals surface area (Å²) >= 11 is 13.6. The lowest BCUT2D eigenvalue weighted by atomic mass is 9.87. The summed E-state index contributed by atoms with van der Waals surface area (Å²) in [5.41, 5.74) is 2.33. The first kappa shape index (κ1) is 34.9. The lowest BCUT2D eigenvalue weighted by molar-refractivity contribution is -0.285. The molecule has 3 heterocycles. The number of carbonyl (C=O) groups excluding carboxylic acids is 2. The molecule has 0 bridgehead atoms. The number of morpholine rings is 1. The molecule has 12 heteroatoms. The van der Waals surface area contributed by atoms with Crippen LogP contribution in [0.15, 0.2) is 42.6 Å². The quantitative estimate of drug-likeness (QED) is 0.251. The van der Waals surface area contributed by atoms with E-state index in [4.69, 9.17) is 32.7 Å². The van der Waals surface area contributed by atoms with Crippen LogP contribution in [0.2, 0.25) is 10.0 Å². The number of nitrogens with one attached hydrogen (secondary N) is 1. The van der Waals surface area contributed by atoms with Crippen LogP contribution in [0.4, 0.5) is 5.69 Å². The molecule has 1 unspecified atom stereocenters. The van der Waals surface area contributed by atoms with E-state index in [1.165, 1.54) is 0 Å². The van der Waals surface area contributed by atoms with E-state index < -0.39 is 17.7 Å². The molecule has 0 radical (unpaired) electrons. The number of hydrogen-bond acceptors (Lipinski definition) is 7. The molecule has 1 aliphatic carbocycles. The second-order valence-electron chi connectivity index (χ2n) is 13.5. The molecule has 258 valence electrons. The molecule has 1 amide bonds. The molecule has 3 aromatic rings. The molecule has 10 nitrogen and oxygen atoms in total. The van der Waals surface area contributed by atoms with Gasteiger partial charge in [0.2, 0.25) is 5.85 Å². The maximum Gasteiger partial charge on any atom is 0.306 e. The number of aliphatic carboxylic acids is 1. The number of nitrogens with zero attached hydrogens (tertiary/aromatic N) is 3. The zero-order chi connectivity index (χ0) is 34.2. The van der Waals surface area contributed by atoms with Crippen LogP contribution in [0.1, 0.15) is 68.3 Å². The molecule has 3 aliphatic rings. The number of hydrogen-bond donors (Lipinski definition) is 2. The van der Waals surface area contributed by atoms with E-state index in [2.05, 4.69) is 29.0 Å². The van der Waals surface area contributed by atoms with Gasteiger partial charge in [0.05, 0.1) is 41.5 Å². The summed E-state index contributed by atoms with van der Waals surface area (Å²) < 4.78 is 14.8. The normalized spacial score (nSPS) is 25.2. The number of carbonyl (C=O) groups is 3. The van der Waals surface area contributed by atoms with Crippen molar-refractivity contribution in [2.24, 2.45) is 13.0 Å². The average Bonchev–Trinajstić information content (AvgIpc) is 3.72. The van der Waals surface area contributed by atoms with E-state index >= 15 is 0 Å². The van der Waals surface area contributed by atoms with Crippen molar-refractivity contribution in [3.8, 4) is 0 Å². The number of carboxylic acids is 1. The number of ketones is 1. The molecular weight excluding hydrogens is 655 g/mol. The van der Waals surface area contributed by atoms with Gasteiger partial charge in [-0.3, -0.25) is 19.3 Å². The number of rotatable bonds is 10. The van der Waals surface area contributed by atoms with Gasteiger partial charge >= 0.3 is 5.97 Å². The van der Waals surface area contributed by atoms with Crippen LogP contribution in [-0.2, 0) is 32.5 Å². The van der Waals surface area contributed by atoms with Crippen molar-refractivity contribution in [1.82, 2.24) is 14.4 Å². The standard InChI is InChI=1S/C36H44Cl2N4O6/c1-22-20-47-21-23(2)42(22)36(41-14-6-7-15-41,48-26-12-10-24(11-13-26)35(45)46)33(43)17-25-16-30(38)31(18-29(25)37)39-34(44)28-19-40(3)32-9-5-4-8-27(28)32/h4-5,8-9,16,18-19,22-24,26H,6-7,10-15,17,20-21H2,1-3H3,(H,39,44)(H,45,46)/t22-,23+,24?,26?,36?. The summed E-state index contributed by atoms with van der Waals surface area (Å²) in [6, 6.07) is 10.7. The Kier molecular flexibility index (Phi) is 10.5. The lowest BCUT2D eigenvalue weighted by Gasteiger charge is -2.55. The molecule has 2 N–H and O–H groups in total. The molecule has 0 spiro atoms. The highest BCUT2D eigenvalue weighted by Gasteiger charge is 2.56. The third kappa shape index (κ3) is 6.75. The highest BCUT2D eigenvalue weighted by atomic mass is 35.5. The van der Waals surface area contributed by atoms with E-state index in [0.29, 0.717) is 73.8 Å². The Labute approximate surface area is 291 Å². The number of halogens is 2. The smallest absolute Gasteiger partial charge is 0.306 e. The number of aromatic nitrogens is 1. The second-order valence-corrected chi connectivity index (χ2v) is 14.3. The first-order chi connectivity index (χ1) is 23.0. The van der Waals surface area contributed by atoms with E-state index in [9.17, 15) is 19.5 Å². The summed E-state index contributed by atoms with van der Waals surface area (Å²) in [6.45, 7) is 6.41. The Balaban J connectivity index is 1.30. The lowest BCUT2D eigenvalue weighted by Crippen LogP contribution is -2.73. The number of carboxylic acid groups (broad SMARTS) is 1. The Hall–Kier alpha value is -2.99. The molecule has 2 saturated heterocycles. The highest BCUT2D eigenvalue weighted by molar-refractivity contribution is 6.36. The van der Waals surface area contributed by atoms with Crippen molar-refractivity contribution in [1.29, 1.82) is 0 Å². The zero-order valence-electron chi connectivity index (χ0n) is 27.7. The van der Waals surface area contributed by atoms with Gasteiger partial charge in [0.1, 0.15) is 0 Å². The fourth-order valence-electron chi connectivity index (χ4n) is 7.79. The number of ether oxygens (including phenoxy) is 2. The van der Waals surface area contributed by atoms with Gasteiger partial charge in [0.15, 0.2) is 5.78 Å². The van der Waals surface area contributed by atoms with Crippen LogP contribution < -0.4 is 5.32 Å². The molecule has 1 saturated carbocycles. The van der Waals surface area contributed by atoms with Crippen molar-refractivity contribution in [2.75, 3.05) is 31.6 Å². The van der Waals surface area contributed by atoms with Crippen molar-refractivity contribution < 1.29 is 29.0 Å². The number of aryl methyl sites for hydroxylation is 1. The summed E-state index contributed by atoms with van der Waals surface area (Å²) in [7, 11) is 1.89. The summed E-state index contributed by atoms with van der Waals surface area (Å²) in [6.07, 6.45) is 5.46. The monoisotopic (exact) mass is 698 g/mol. The van der Waals surface area contributed by atoms with Crippen LogP contribution in [0.25, 0.3) is 10.9 Å². The topological polar surface area (TPSA) is 113 Å². The van der Waals surface area contributed by atoms with Crippen molar-refractivity contribution in [2.45, 2.75) is 82.8 Å². The fourth-order valence-corrected chi connectivity index (χ4v) is 8.25. The predicted octanol–water partition coefficient (Wildman–Crippen LogP) is 6.37. The van der Waals surface area contributed by atoms with Crippen LogP contribution in [-0.4, -0.2) is 87.5 Å². The SMILES string of the molecule is C[C@@H]1COC[C@H](C)N1C(OC1CCC(C(=O)O)CC1)(C(=O)Cc1cc(Cl)c(NC(=O)c2cn(C)c3ccccc23)cc1Cl)N1CCCC1. The molecule has 2 aromatic carbocycles. The van der Waals surface area contributed by atoms with Crippen molar-refractivity contribution in [3.63, 3.8) is 0 Å². The Bertz CT molecular complexity index is 1670. The van der Waals surface area contributed by atoms with Gasteiger partial charge < -0.3 is 24.5 Å². The van der Waals surface area contributed by atoms with Gasteiger partial charge in [-0.25, -0.2) is 4.90 Å².